The first-order chi connectivity index (χ1) is 13.6. The summed E-state index contributed by atoms with van der Waals surface area (Å²) in [5.74, 6) is -2.76. The second-order valence-corrected chi connectivity index (χ2v) is 7.41. The molecule has 0 aliphatic carbocycles. The van der Waals surface area contributed by atoms with E-state index in [2.05, 4.69) is 17.3 Å². The lowest BCUT2D eigenvalue weighted by atomic mass is 9.87. The molecule has 1 unspecified atom stereocenters. The van der Waals surface area contributed by atoms with Crippen LogP contribution in [-0.2, 0) is 16.1 Å². The number of hydrogen-bond acceptors (Lipinski definition) is 4. The SMILES string of the molecule is CN1CCC2(COCCN(C(=O)NCc3ccccc3)C2)C1.O=C(O)C(F)(F)F. The third kappa shape index (κ3) is 7.21. The predicted molar refractivity (Wildman–Crippen MR) is 99.3 cm³/mol. The number of nitrogens with one attached hydrogen (secondary N) is 1. The number of urea groups is 1. The number of likely N-dealkylation sites (tertiary alicyclic amines) is 1. The number of aliphatic carboxylic acids is 1. The Morgan fingerprint density at radius 2 is 1.86 bits per heavy atom. The van der Waals surface area contributed by atoms with Gasteiger partial charge in [-0.1, -0.05) is 30.3 Å². The van der Waals surface area contributed by atoms with Crippen LogP contribution in [0, 0.1) is 5.41 Å². The van der Waals surface area contributed by atoms with E-state index in [0.717, 1.165) is 38.2 Å². The molecule has 1 spiro atoms. The van der Waals surface area contributed by atoms with Crippen LogP contribution in [0.1, 0.15) is 12.0 Å². The third-order valence-corrected chi connectivity index (χ3v) is 4.89. The number of amides is 2. The normalized spacial score (nSPS) is 22.6. The van der Waals surface area contributed by atoms with Crippen LogP contribution in [0.2, 0.25) is 0 Å². The first kappa shape index (κ1) is 23.0. The van der Waals surface area contributed by atoms with Gasteiger partial charge in [-0.2, -0.15) is 13.2 Å². The van der Waals surface area contributed by atoms with Crippen LogP contribution in [0.4, 0.5) is 18.0 Å². The van der Waals surface area contributed by atoms with Crippen molar-refractivity contribution in [3.05, 3.63) is 35.9 Å². The van der Waals surface area contributed by atoms with Crippen molar-refractivity contribution in [1.82, 2.24) is 15.1 Å². The van der Waals surface area contributed by atoms with Gasteiger partial charge in [0.1, 0.15) is 0 Å². The summed E-state index contributed by atoms with van der Waals surface area (Å²) in [6.07, 6.45) is -3.98. The highest BCUT2D eigenvalue weighted by Crippen LogP contribution is 2.32. The van der Waals surface area contributed by atoms with E-state index in [0.29, 0.717) is 19.7 Å². The standard InChI is InChI=1S/C17H25N3O2.C2HF3O2/c1-19-8-7-17(12-19)13-20(9-10-22-14-17)16(21)18-11-15-5-3-2-4-6-15;3-2(4,5)1(6)7/h2-6H,7-14H2,1H3,(H,18,21);(H,6,7). The molecule has 2 aliphatic heterocycles. The monoisotopic (exact) mass is 417 g/mol. The molecule has 162 valence electrons. The van der Waals surface area contributed by atoms with Crippen LogP contribution < -0.4 is 5.32 Å². The molecule has 2 aliphatic rings. The molecule has 1 atom stereocenters. The molecule has 29 heavy (non-hydrogen) atoms. The van der Waals surface area contributed by atoms with Crippen molar-refractivity contribution >= 4 is 12.0 Å². The van der Waals surface area contributed by atoms with E-state index in [-0.39, 0.29) is 11.4 Å². The number of carbonyl (C=O) groups is 2. The quantitative estimate of drug-likeness (QED) is 0.771. The van der Waals surface area contributed by atoms with Crippen molar-refractivity contribution < 1.29 is 32.6 Å². The van der Waals surface area contributed by atoms with Gasteiger partial charge in [0.15, 0.2) is 0 Å². The molecule has 10 heteroatoms. The van der Waals surface area contributed by atoms with Crippen LogP contribution in [0.5, 0.6) is 0 Å². The molecule has 0 radical (unpaired) electrons. The Kier molecular flexibility index (Phi) is 7.86. The van der Waals surface area contributed by atoms with Crippen LogP contribution >= 0.6 is 0 Å². The van der Waals surface area contributed by atoms with Gasteiger partial charge < -0.3 is 25.0 Å². The summed E-state index contributed by atoms with van der Waals surface area (Å²) in [4.78, 5) is 25.6. The number of carbonyl (C=O) groups excluding carboxylic acids is 1. The number of benzene rings is 1. The largest absolute Gasteiger partial charge is 0.490 e. The second kappa shape index (κ2) is 9.93. The van der Waals surface area contributed by atoms with E-state index < -0.39 is 12.1 Å². The molecular weight excluding hydrogens is 391 g/mol. The van der Waals surface area contributed by atoms with Crippen LogP contribution in [0.15, 0.2) is 30.3 Å². The fourth-order valence-corrected chi connectivity index (χ4v) is 3.46. The van der Waals surface area contributed by atoms with Gasteiger partial charge in [-0.05, 0) is 25.6 Å². The van der Waals surface area contributed by atoms with E-state index in [1.165, 1.54) is 0 Å². The smallest absolute Gasteiger partial charge is 0.475 e. The molecule has 2 amide bonds. The van der Waals surface area contributed by atoms with Gasteiger partial charge in [0.05, 0.1) is 13.2 Å². The van der Waals surface area contributed by atoms with E-state index in [9.17, 15) is 18.0 Å². The molecule has 3 rings (SSSR count). The molecule has 0 saturated carbocycles. The lowest BCUT2D eigenvalue weighted by molar-refractivity contribution is -0.192. The van der Waals surface area contributed by atoms with E-state index >= 15 is 0 Å². The van der Waals surface area contributed by atoms with E-state index in [1.54, 1.807) is 0 Å². The molecule has 1 aromatic carbocycles. The molecule has 0 aromatic heterocycles. The highest BCUT2D eigenvalue weighted by molar-refractivity contribution is 5.74. The van der Waals surface area contributed by atoms with Gasteiger partial charge in [-0.3, -0.25) is 0 Å². The van der Waals surface area contributed by atoms with Crippen LogP contribution in [0.3, 0.4) is 0 Å². The van der Waals surface area contributed by atoms with Crippen LogP contribution in [-0.4, -0.2) is 79.5 Å². The maximum absolute atomic E-state index is 12.5. The lowest BCUT2D eigenvalue weighted by Gasteiger charge is -2.31. The maximum atomic E-state index is 12.5. The fourth-order valence-electron chi connectivity index (χ4n) is 3.46. The number of halogens is 3. The Bertz CT molecular complexity index is 687. The Morgan fingerprint density at radius 1 is 1.21 bits per heavy atom. The number of alkyl halides is 3. The van der Waals surface area contributed by atoms with Crippen LogP contribution in [0.25, 0.3) is 0 Å². The number of nitrogens with zero attached hydrogens (tertiary/aromatic N) is 2. The summed E-state index contributed by atoms with van der Waals surface area (Å²) in [5.41, 5.74) is 1.23. The Morgan fingerprint density at radius 3 is 2.41 bits per heavy atom. The van der Waals surface area contributed by atoms with Crippen molar-refractivity contribution in [2.75, 3.05) is 46.4 Å². The molecule has 2 fully saturated rings. The predicted octanol–water partition coefficient (Wildman–Crippen LogP) is 2.18. The molecular formula is C19H26F3N3O4. The fraction of sp³-hybridized carbons (Fsp3) is 0.579. The molecule has 7 nitrogen and oxygen atoms in total. The lowest BCUT2D eigenvalue weighted by Crippen LogP contribution is -2.47. The van der Waals surface area contributed by atoms with Gasteiger partial charge in [0.2, 0.25) is 0 Å². The minimum Gasteiger partial charge on any atom is -0.475 e. The molecule has 2 saturated heterocycles. The summed E-state index contributed by atoms with van der Waals surface area (Å²) in [7, 11) is 2.14. The van der Waals surface area contributed by atoms with Gasteiger partial charge in [0.25, 0.3) is 0 Å². The van der Waals surface area contributed by atoms with E-state index in [4.69, 9.17) is 14.6 Å². The van der Waals surface area contributed by atoms with Gasteiger partial charge in [-0.25, -0.2) is 9.59 Å². The second-order valence-electron chi connectivity index (χ2n) is 7.41. The summed E-state index contributed by atoms with van der Waals surface area (Å²) in [6, 6.07) is 10.0. The average molecular weight is 417 g/mol. The highest BCUT2D eigenvalue weighted by atomic mass is 19.4. The molecule has 2 heterocycles. The summed E-state index contributed by atoms with van der Waals surface area (Å²) in [6.45, 7) is 5.52. The number of rotatable bonds is 2. The molecule has 2 N–H and O–H groups in total. The van der Waals surface area contributed by atoms with Crippen molar-refractivity contribution in [3.63, 3.8) is 0 Å². The average Bonchev–Trinajstić information content (AvgIpc) is 2.90. The summed E-state index contributed by atoms with van der Waals surface area (Å²) in [5, 5.41) is 10.2. The van der Waals surface area contributed by atoms with Crippen molar-refractivity contribution in [3.8, 4) is 0 Å². The Balaban J connectivity index is 0.000000370. The number of carboxylic acid groups (broad SMARTS) is 1. The minimum absolute atomic E-state index is 0.0169. The highest BCUT2D eigenvalue weighted by Gasteiger charge is 2.41. The summed E-state index contributed by atoms with van der Waals surface area (Å²) < 4.78 is 37.5. The van der Waals surface area contributed by atoms with Gasteiger partial charge in [-0.15, -0.1) is 0 Å². The molecule has 1 aromatic rings. The Hall–Kier alpha value is -2.33. The minimum atomic E-state index is -5.08. The first-order valence-corrected chi connectivity index (χ1v) is 9.24. The maximum Gasteiger partial charge on any atom is 0.490 e. The Labute approximate surface area is 167 Å². The third-order valence-electron chi connectivity index (χ3n) is 4.89. The van der Waals surface area contributed by atoms with Crippen molar-refractivity contribution in [2.45, 2.75) is 19.1 Å². The molecule has 0 bridgehead atoms. The number of hydrogen-bond donors (Lipinski definition) is 2. The topological polar surface area (TPSA) is 82.1 Å². The zero-order valence-electron chi connectivity index (χ0n) is 16.2. The first-order valence-electron chi connectivity index (χ1n) is 9.24. The van der Waals surface area contributed by atoms with Crippen molar-refractivity contribution in [1.29, 1.82) is 0 Å². The number of carboxylic acids is 1. The zero-order chi connectivity index (χ0) is 21.5. The number of ether oxygens (including phenoxy) is 1. The zero-order valence-corrected chi connectivity index (χ0v) is 16.2. The summed E-state index contributed by atoms with van der Waals surface area (Å²) >= 11 is 0. The van der Waals surface area contributed by atoms with Gasteiger partial charge in [0, 0.05) is 31.6 Å². The van der Waals surface area contributed by atoms with Gasteiger partial charge >= 0.3 is 18.2 Å². The van der Waals surface area contributed by atoms with E-state index in [1.807, 2.05) is 35.2 Å². The van der Waals surface area contributed by atoms with Crippen molar-refractivity contribution in [2.24, 2.45) is 5.41 Å².